The van der Waals surface area contributed by atoms with Crippen LogP contribution in [0.25, 0.3) is 0 Å². The second-order valence-electron chi connectivity index (χ2n) is 5.55. The summed E-state index contributed by atoms with van der Waals surface area (Å²) in [6, 6.07) is 2.09. The average molecular weight is 250 g/mol. The lowest BCUT2D eigenvalue weighted by Crippen LogP contribution is -2.26. The van der Waals surface area contributed by atoms with Crippen LogP contribution in [0.2, 0.25) is 0 Å². The smallest absolute Gasteiger partial charge is 0.150 e. The lowest BCUT2D eigenvalue weighted by molar-refractivity contribution is -0.123. The SMILES string of the molecule is CC(=O)C(C)(C#N)Cc1nc(C(C)(C)C)cs1. The molecule has 0 aliphatic heterocycles. The normalized spacial score (nSPS) is 15.1. The van der Waals surface area contributed by atoms with Gasteiger partial charge in [0.1, 0.15) is 11.2 Å². The van der Waals surface area contributed by atoms with Gasteiger partial charge in [0, 0.05) is 17.2 Å². The van der Waals surface area contributed by atoms with Gasteiger partial charge in [-0.2, -0.15) is 5.26 Å². The van der Waals surface area contributed by atoms with Crippen LogP contribution in [0.1, 0.15) is 45.3 Å². The first-order valence-corrected chi connectivity index (χ1v) is 6.44. The summed E-state index contributed by atoms with van der Waals surface area (Å²) >= 11 is 1.52. The maximum Gasteiger partial charge on any atom is 0.150 e. The van der Waals surface area contributed by atoms with Crippen LogP contribution in [0.3, 0.4) is 0 Å². The maximum atomic E-state index is 11.5. The first-order chi connectivity index (χ1) is 7.69. The van der Waals surface area contributed by atoms with Gasteiger partial charge in [0.2, 0.25) is 0 Å². The maximum absolute atomic E-state index is 11.5. The van der Waals surface area contributed by atoms with E-state index in [1.165, 1.54) is 18.3 Å². The Labute approximate surface area is 106 Å². The Bertz CT molecular complexity index is 464. The molecule has 0 radical (unpaired) electrons. The van der Waals surface area contributed by atoms with Crippen LogP contribution in [-0.2, 0) is 16.6 Å². The number of rotatable bonds is 3. The Morgan fingerprint density at radius 2 is 2.06 bits per heavy atom. The standard InChI is InChI=1S/C13H18N2OS/c1-9(16)13(5,8-14)6-11-15-10(7-17-11)12(2,3)4/h7H,6H2,1-5H3. The van der Waals surface area contributed by atoms with Crippen molar-refractivity contribution in [1.29, 1.82) is 5.26 Å². The summed E-state index contributed by atoms with van der Waals surface area (Å²) in [5, 5.41) is 12.0. The molecule has 0 amide bonds. The monoisotopic (exact) mass is 250 g/mol. The topological polar surface area (TPSA) is 53.8 Å². The summed E-state index contributed by atoms with van der Waals surface area (Å²) < 4.78 is 0. The Morgan fingerprint density at radius 1 is 1.47 bits per heavy atom. The van der Waals surface area contributed by atoms with E-state index in [1.807, 2.05) is 5.38 Å². The number of Topliss-reactive ketones (excluding diaryl/α,β-unsaturated/α-hetero) is 1. The van der Waals surface area contributed by atoms with Crippen LogP contribution in [0, 0.1) is 16.7 Å². The number of ketones is 1. The van der Waals surface area contributed by atoms with Crippen LogP contribution < -0.4 is 0 Å². The lowest BCUT2D eigenvalue weighted by atomic mass is 9.85. The van der Waals surface area contributed by atoms with Crippen molar-refractivity contribution in [1.82, 2.24) is 4.98 Å². The minimum Gasteiger partial charge on any atom is -0.298 e. The highest BCUT2D eigenvalue weighted by Crippen LogP contribution is 2.28. The number of carbonyl (C=O) groups excluding carboxylic acids is 1. The minimum absolute atomic E-state index is 0.00795. The molecule has 1 heterocycles. The summed E-state index contributed by atoms with van der Waals surface area (Å²) in [6.45, 7) is 9.43. The van der Waals surface area contributed by atoms with E-state index in [2.05, 4.69) is 31.8 Å². The second kappa shape index (κ2) is 4.58. The van der Waals surface area contributed by atoms with Gasteiger partial charge in [-0.1, -0.05) is 20.8 Å². The Hall–Kier alpha value is -1.21. The zero-order valence-corrected chi connectivity index (χ0v) is 11.8. The van der Waals surface area contributed by atoms with Gasteiger partial charge in [0.15, 0.2) is 0 Å². The molecular weight excluding hydrogens is 232 g/mol. The largest absolute Gasteiger partial charge is 0.298 e. The number of aromatic nitrogens is 1. The fourth-order valence-corrected chi connectivity index (χ4v) is 2.46. The van der Waals surface area contributed by atoms with Crippen molar-refractivity contribution < 1.29 is 4.79 Å². The summed E-state index contributed by atoms with van der Waals surface area (Å²) in [6.07, 6.45) is 0.402. The predicted molar refractivity (Wildman–Crippen MR) is 68.9 cm³/mol. The molecule has 1 aromatic heterocycles. The van der Waals surface area contributed by atoms with E-state index in [1.54, 1.807) is 6.92 Å². The van der Waals surface area contributed by atoms with Crippen molar-refractivity contribution in [2.75, 3.05) is 0 Å². The van der Waals surface area contributed by atoms with Crippen molar-refractivity contribution in [2.45, 2.75) is 46.5 Å². The molecule has 1 rings (SSSR count). The summed E-state index contributed by atoms with van der Waals surface area (Å²) in [7, 11) is 0. The van der Waals surface area contributed by atoms with Gasteiger partial charge in [-0.05, 0) is 13.8 Å². The Kier molecular flexibility index (Phi) is 3.73. The van der Waals surface area contributed by atoms with E-state index in [4.69, 9.17) is 5.26 Å². The molecule has 0 fully saturated rings. The number of nitrogens with zero attached hydrogens (tertiary/aromatic N) is 2. The van der Waals surface area contributed by atoms with Crippen molar-refractivity contribution in [3.05, 3.63) is 16.1 Å². The molecule has 1 atom stereocenters. The van der Waals surface area contributed by atoms with E-state index in [0.29, 0.717) is 6.42 Å². The summed E-state index contributed by atoms with van der Waals surface area (Å²) in [5.41, 5.74) is 0.0717. The zero-order valence-electron chi connectivity index (χ0n) is 11.0. The molecule has 0 aromatic carbocycles. The van der Waals surface area contributed by atoms with Crippen LogP contribution >= 0.6 is 11.3 Å². The molecule has 17 heavy (non-hydrogen) atoms. The molecular formula is C13H18N2OS. The number of hydrogen-bond donors (Lipinski definition) is 0. The van der Waals surface area contributed by atoms with E-state index in [9.17, 15) is 4.79 Å². The quantitative estimate of drug-likeness (QED) is 0.828. The highest BCUT2D eigenvalue weighted by atomic mass is 32.1. The molecule has 0 aliphatic carbocycles. The fourth-order valence-electron chi connectivity index (χ4n) is 1.28. The molecule has 0 N–H and O–H groups in total. The third kappa shape index (κ3) is 3.13. The van der Waals surface area contributed by atoms with Crippen molar-refractivity contribution >= 4 is 17.1 Å². The first kappa shape index (κ1) is 13.9. The van der Waals surface area contributed by atoms with Crippen molar-refractivity contribution in [3.63, 3.8) is 0 Å². The molecule has 0 saturated carbocycles. The number of hydrogen-bond acceptors (Lipinski definition) is 4. The zero-order chi connectivity index (χ0) is 13.3. The van der Waals surface area contributed by atoms with Crippen LogP contribution in [0.4, 0.5) is 0 Å². The third-order valence-electron chi connectivity index (χ3n) is 2.85. The highest BCUT2D eigenvalue weighted by molar-refractivity contribution is 7.09. The highest BCUT2D eigenvalue weighted by Gasteiger charge is 2.31. The van der Waals surface area contributed by atoms with Gasteiger partial charge in [-0.3, -0.25) is 4.79 Å². The molecule has 1 aromatic rings. The van der Waals surface area contributed by atoms with E-state index in [0.717, 1.165) is 10.7 Å². The van der Waals surface area contributed by atoms with Gasteiger partial charge in [-0.15, -0.1) is 11.3 Å². The summed E-state index contributed by atoms with van der Waals surface area (Å²) in [4.78, 5) is 16.0. The van der Waals surface area contributed by atoms with E-state index >= 15 is 0 Å². The van der Waals surface area contributed by atoms with Crippen molar-refractivity contribution in [2.24, 2.45) is 5.41 Å². The third-order valence-corrected chi connectivity index (χ3v) is 3.70. The lowest BCUT2D eigenvalue weighted by Gasteiger charge is -2.16. The van der Waals surface area contributed by atoms with Gasteiger partial charge in [0.25, 0.3) is 0 Å². The fraction of sp³-hybridized carbons (Fsp3) is 0.615. The molecule has 1 unspecified atom stereocenters. The predicted octanol–water partition coefficient (Wildman–Crippen LogP) is 3.10. The molecule has 0 spiro atoms. The van der Waals surface area contributed by atoms with Crippen LogP contribution in [0.5, 0.6) is 0 Å². The van der Waals surface area contributed by atoms with Gasteiger partial charge in [-0.25, -0.2) is 4.98 Å². The molecule has 3 nitrogen and oxygen atoms in total. The molecule has 0 aliphatic rings. The van der Waals surface area contributed by atoms with E-state index in [-0.39, 0.29) is 11.2 Å². The number of nitriles is 1. The molecule has 0 saturated heterocycles. The van der Waals surface area contributed by atoms with Crippen molar-refractivity contribution in [3.8, 4) is 6.07 Å². The van der Waals surface area contributed by atoms with Crippen LogP contribution in [0.15, 0.2) is 5.38 Å². The average Bonchev–Trinajstić information content (AvgIpc) is 2.65. The van der Waals surface area contributed by atoms with Gasteiger partial charge < -0.3 is 0 Å². The number of carbonyl (C=O) groups is 1. The number of thiazole rings is 1. The second-order valence-corrected chi connectivity index (χ2v) is 6.50. The Morgan fingerprint density at radius 3 is 2.41 bits per heavy atom. The Balaban J connectivity index is 2.94. The summed E-state index contributed by atoms with van der Waals surface area (Å²) in [5.74, 6) is -0.104. The van der Waals surface area contributed by atoms with E-state index < -0.39 is 5.41 Å². The molecule has 4 heteroatoms. The minimum atomic E-state index is -0.951. The molecule has 92 valence electrons. The van der Waals surface area contributed by atoms with Gasteiger partial charge >= 0.3 is 0 Å². The molecule has 0 bridgehead atoms. The first-order valence-electron chi connectivity index (χ1n) is 5.56. The van der Waals surface area contributed by atoms with Crippen LogP contribution in [-0.4, -0.2) is 10.8 Å². The van der Waals surface area contributed by atoms with Gasteiger partial charge in [0.05, 0.1) is 16.8 Å².